The number of fused-ring (bicyclic) bond motifs is 1. The predicted octanol–water partition coefficient (Wildman–Crippen LogP) is 5.38. The van der Waals surface area contributed by atoms with Gasteiger partial charge in [0, 0.05) is 12.2 Å². The highest BCUT2D eigenvalue weighted by Crippen LogP contribution is 2.26. The molecule has 0 saturated carbocycles. The third-order valence-electron chi connectivity index (χ3n) is 4.89. The van der Waals surface area contributed by atoms with Gasteiger partial charge in [0.05, 0.1) is 6.10 Å². The molecule has 3 aromatic rings. The van der Waals surface area contributed by atoms with Crippen LogP contribution in [0.2, 0.25) is 0 Å². The van der Waals surface area contributed by atoms with Gasteiger partial charge in [0.15, 0.2) is 0 Å². The topological polar surface area (TPSA) is 61.4 Å². The maximum absolute atomic E-state index is 12.1. The number of hydrogen-bond acceptors (Lipinski definition) is 2. The lowest BCUT2D eigenvalue weighted by atomic mass is 9.87. The highest BCUT2D eigenvalue weighted by molar-refractivity contribution is 5.89. The van der Waals surface area contributed by atoms with E-state index in [2.05, 4.69) is 31.4 Å². The van der Waals surface area contributed by atoms with Crippen molar-refractivity contribution in [1.82, 2.24) is 5.32 Å². The summed E-state index contributed by atoms with van der Waals surface area (Å²) in [5.74, 6) is 0. The van der Waals surface area contributed by atoms with E-state index in [0.29, 0.717) is 13.0 Å². The van der Waals surface area contributed by atoms with Crippen LogP contribution in [0.5, 0.6) is 0 Å². The van der Waals surface area contributed by atoms with Gasteiger partial charge in [-0.25, -0.2) is 4.79 Å². The molecular weight excluding hydrogens is 348 g/mol. The third-order valence-corrected chi connectivity index (χ3v) is 4.89. The van der Waals surface area contributed by atoms with E-state index in [0.717, 1.165) is 22.0 Å². The standard InChI is InChI=1S/C24H28N2O2/c1-24(2,3)18-11-13-19(14-12-18)26-23(28)25-16-15-22(27)21-10-6-8-17-7-4-5-9-20(17)21/h4-14,22,27H,15-16H2,1-3H3,(H2,25,26,28). The van der Waals surface area contributed by atoms with Crippen LogP contribution in [-0.4, -0.2) is 17.7 Å². The van der Waals surface area contributed by atoms with E-state index < -0.39 is 6.10 Å². The summed E-state index contributed by atoms with van der Waals surface area (Å²) >= 11 is 0. The molecular formula is C24H28N2O2. The van der Waals surface area contributed by atoms with Gasteiger partial charge in [-0.05, 0) is 45.9 Å². The van der Waals surface area contributed by atoms with Crippen molar-refractivity contribution in [2.75, 3.05) is 11.9 Å². The van der Waals surface area contributed by atoms with Crippen LogP contribution in [0.1, 0.15) is 44.4 Å². The monoisotopic (exact) mass is 376 g/mol. The highest BCUT2D eigenvalue weighted by atomic mass is 16.3. The molecule has 28 heavy (non-hydrogen) atoms. The smallest absolute Gasteiger partial charge is 0.319 e. The van der Waals surface area contributed by atoms with Crippen LogP contribution in [0, 0.1) is 0 Å². The number of urea groups is 1. The Balaban J connectivity index is 1.52. The minimum atomic E-state index is -0.627. The molecule has 4 nitrogen and oxygen atoms in total. The molecule has 3 rings (SSSR count). The maximum Gasteiger partial charge on any atom is 0.319 e. The number of rotatable bonds is 5. The van der Waals surface area contributed by atoms with Crippen molar-refractivity contribution in [3.8, 4) is 0 Å². The lowest BCUT2D eigenvalue weighted by Crippen LogP contribution is -2.30. The molecule has 3 N–H and O–H groups in total. The third kappa shape index (κ3) is 4.90. The first-order valence-corrected chi connectivity index (χ1v) is 9.66. The molecule has 0 heterocycles. The number of aliphatic hydroxyl groups excluding tert-OH is 1. The average Bonchev–Trinajstić information content (AvgIpc) is 2.67. The molecule has 0 bridgehead atoms. The fourth-order valence-electron chi connectivity index (χ4n) is 3.25. The second kappa shape index (κ2) is 8.44. The van der Waals surface area contributed by atoms with Crippen molar-refractivity contribution in [3.05, 3.63) is 77.9 Å². The van der Waals surface area contributed by atoms with Gasteiger partial charge in [-0.1, -0.05) is 75.4 Å². The van der Waals surface area contributed by atoms with Crippen molar-refractivity contribution >= 4 is 22.5 Å². The Morgan fingerprint density at radius 1 is 0.964 bits per heavy atom. The Hall–Kier alpha value is -2.85. The summed E-state index contributed by atoms with van der Waals surface area (Å²) in [6.45, 7) is 6.85. The fourth-order valence-corrected chi connectivity index (χ4v) is 3.25. The second-order valence-corrected chi connectivity index (χ2v) is 8.08. The second-order valence-electron chi connectivity index (χ2n) is 8.08. The van der Waals surface area contributed by atoms with Gasteiger partial charge >= 0.3 is 6.03 Å². The molecule has 0 saturated heterocycles. The van der Waals surface area contributed by atoms with Gasteiger partial charge < -0.3 is 15.7 Å². The Morgan fingerprint density at radius 3 is 2.36 bits per heavy atom. The number of aliphatic hydroxyl groups is 1. The predicted molar refractivity (Wildman–Crippen MR) is 116 cm³/mol. The molecule has 2 amide bonds. The molecule has 0 radical (unpaired) electrons. The zero-order valence-electron chi connectivity index (χ0n) is 16.7. The van der Waals surface area contributed by atoms with Gasteiger partial charge in [0.1, 0.15) is 0 Å². The van der Waals surface area contributed by atoms with Gasteiger partial charge in [-0.2, -0.15) is 0 Å². The van der Waals surface area contributed by atoms with Crippen LogP contribution in [-0.2, 0) is 5.41 Å². The van der Waals surface area contributed by atoms with Gasteiger partial charge in [0.2, 0.25) is 0 Å². The summed E-state index contributed by atoms with van der Waals surface area (Å²) in [7, 11) is 0. The van der Waals surface area contributed by atoms with Crippen molar-refractivity contribution < 1.29 is 9.90 Å². The Kier molecular flexibility index (Phi) is 6.00. The van der Waals surface area contributed by atoms with E-state index in [1.807, 2.05) is 66.7 Å². The van der Waals surface area contributed by atoms with Crippen LogP contribution in [0.3, 0.4) is 0 Å². The summed E-state index contributed by atoms with van der Waals surface area (Å²) in [6.07, 6.45) is -0.179. The number of anilines is 1. The summed E-state index contributed by atoms with van der Waals surface area (Å²) in [4.78, 5) is 12.1. The zero-order chi connectivity index (χ0) is 20.1. The molecule has 0 aliphatic heterocycles. The molecule has 3 aromatic carbocycles. The number of carbonyl (C=O) groups excluding carboxylic acids is 1. The first-order chi connectivity index (χ1) is 13.3. The average molecular weight is 377 g/mol. The fraction of sp³-hybridized carbons (Fsp3) is 0.292. The van der Waals surface area contributed by atoms with Crippen LogP contribution >= 0.6 is 0 Å². The summed E-state index contributed by atoms with van der Waals surface area (Å²) in [5, 5.41) is 18.3. The van der Waals surface area contributed by atoms with Gasteiger partial charge in [-0.3, -0.25) is 0 Å². The van der Waals surface area contributed by atoms with E-state index in [1.165, 1.54) is 5.56 Å². The van der Waals surface area contributed by atoms with E-state index in [1.54, 1.807) is 0 Å². The van der Waals surface area contributed by atoms with Crippen LogP contribution in [0.15, 0.2) is 66.7 Å². The lowest BCUT2D eigenvalue weighted by molar-refractivity contribution is 0.169. The number of carbonyl (C=O) groups is 1. The van der Waals surface area contributed by atoms with E-state index in [4.69, 9.17) is 0 Å². The van der Waals surface area contributed by atoms with Crippen molar-refractivity contribution in [2.45, 2.75) is 38.7 Å². The molecule has 1 unspecified atom stereocenters. The van der Waals surface area contributed by atoms with Crippen LogP contribution in [0.25, 0.3) is 10.8 Å². The van der Waals surface area contributed by atoms with E-state index in [9.17, 15) is 9.90 Å². The molecule has 0 aliphatic rings. The molecule has 0 fully saturated rings. The number of amides is 2. The normalized spacial score (nSPS) is 12.6. The summed E-state index contributed by atoms with van der Waals surface area (Å²) in [5.41, 5.74) is 2.94. The molecule has 146 valence electrons. The van der Waals surface area contributed by atoms with Crippen LogP contribution < -0.4 is 10.6 Å². The Morgan fingerprint density at radius 2 is 1.64 bits per heavy atom. The maximum atomic E-state index is 12.1. The molecule has 0 aliphatic carbocycles. The largest absolute Gasteiger partial charge is 0.388 e. The SMILES string of the molecule is CC(C)(C)c1ccc(NC(=O)NCCC(O)c2cccc3ccccc23)cc1. The molecule has 4 heteroatoms. The lowest BCUT2D eigenvalue weighted by Gasteiger charge is -2.19. The minimum absolute atomic E-state index is 0.0819. The first kappa shape index (κ1) is 19.9. The number of benzene rings is 3. The number of nitrogens with one attached hydrogen (secondary N) is 2. The summed E-state index contributed by atoms with van der Waals surface area (Å²) < 4.78 is 0. The van der Waals surface area contributed by atoms with Crippen LogP contribution in [0.4, 0.5) is 10.5 Å². The zero-order valence-corrected chi connectivity index (χ0v) is 16.7. The van der Waals surface area contributed by atoms with Gasteiger partial charge in [-0.15, -0.1) is 0 Å². The van der Waals surface area contributed by atoms with Crippen molar-refractivity contribution in [3.63, 3.8) is 0 Å². The van der Waals surface area contributed by atoms with E-state index in [-0.39, 0.29) is 11.4 Å². The van der Waals surface area contributed by atoms with Gasteiger partial charge in [0.25, 0.3) is 0 Å². The van der Waals surface area contributed by atoms with Crippen molar-refractivity contribution in [2.24, 2.45) is 0 Å². The molecule has 0 aromatic heterocycles. The highest BCUT2D eigenvalue weighted by Gasteiger charge is 2.14. The molecule has 1 atom stereocenters. The number of hydrogen-bond donors (Lipinski definition) is 3. The van der Waals surface area contributed by atoms with Crippen molar-refractivity contribution in [1.29, 1.82) is 0 Å². The molecule has 0 spiro atoms. The minimum Gasteiger partial charge on any atom is -0.388 e. The quantitative estimate of drug-likeness (QED) is 0.560. The summed E-state index contributed by atoms with van der Waals surface area (Å²) in [6, 6.07) is 21.5. The Bertz CT molecular complexity index is 937. The Labute approximate surface area is 166 Å². The first-order valence-electron chi connectivity index (χ1n) is 9.66. The van der Waals surface area contributed by atoms with E-state index >= 15 is 0 Å².